The maximum Gasteiger partial charge on any atom is 0.310 e. The molecule has 1 aromatic carbocycles. The lowest BCUT2D eigenvalue weighted by Crippen LogP contribution is -2.67. The monoisotopic (exact) mass is 399 g/mol. The molecule has 0 saturated carbocycles. The molecular formula is C14H14F5N3O3S. The van der Waals surface area contributed by atoms with Gasteiger partial charge in [0.2, 0.25) is 0 Å². The van der Waals surface area contributed by atoms with Gasteiger partial charge in [-0.1, -0.05) is 25.3 Å². The van der Waals surface area contributed by atoms with Crippen LogP contribution in [0.15, 0.2) is 29.2 Å². The summed E-state index contributed by atoms with van der Waals surface area (Å²) in [6, 6.07) is -0.115. The quantitative estimate of drug-likeness (QED) is 0.264. The maximum atomic E-state index is 12.7. The first-order valence-electron chi connectivity index (χ1n) is 7.00. The minimum atomic E-state index is -9.85. The van der Waals surface area contributed by atoms with Gasteiger partial charge < -0.3 is 10.6 Å². The molecule has 144 valence electrons. The molecule has 2 amide bonds. The van der Waals surface area contributed by atoms with E-state index in [1.807, 2.05) is 0 Å². The Morgan fingerprint density at radius 2 is 1.73 bits per heavy atom. The zero-order valence-corrected chi connectivity index (χ0v) is 13.8. The Hall–Kier alpha value is -2.36. The largest absolute Gasteiger partial charge is 0.339 e. The molecule has 1 aliphatic rings. The summed E-state index contributed by atoms with van der Waals surface area (Å²) in [5, 5.41) is 13.8. The van der Waals surface area contributed by atoms with Crippen molar-refractivity contribution in [1.29, 1.82) is 0 Å². The van der Waals surface area contributed by atoms with Crippen molar-refractivity contribution in [3.8, 4) is 12.3 Å². The Kier molecular flexibility index (Phi) is 4.27. The van der Waals surface area contributed by atoms with E-state index in [0.717, 1.165) is 0 Å². The topological polar surface area (TPSA) is 90.5 Å². The summed E-state index contributed by atoms with van der Waals surface area (Å²) in [4.78, 5) is 21.8. The summed E-state index contributed by atoms with van der Waals surface area (Å²) in [6.45, 7) is 0.288. The van der Waals surface area contributed by atoms with Gasteiger partial charge in [-0.3, -0.25) is 14.8 Å². The molecule has 4 N–H and O–H groups in total. The predicted octanol–water partition coefficient (Wildman–Crippen LogP) is 2.17. The van der Waals surface area contributed by atoms with E-state index in [-0.39, 0.29) is 25.2 Å². The molecule has 1 atom stereocenters. The van der Waals surface area contributed by atoms with Crippen molar-refractivity contribution in [2.45, 2.75) is 10.9 Å². The second-order valence-corrected chi connectivity index (χ2v) is 8.19. The van der Waals surface area contributed by atoms with Gasteiger partial charge in [-0.05, 0) is 24.3 Å². The average molecular weight is 399 g/mol. The van der Waals surface area contributed by atoms with E-state index in [1.54, 1.807) is 0 Å². The molecule has 6 nitrogen and oxygen atoms in total. The maximum absolute atomic E-state index is 12.7. The number of rotatable bonds is 5. The van der Waals surface area contributed by atoms with Crippen molar-refractivity contribution >= 4 is 22.0 Å². The normalized spacial score (nSPS) is 19.7. The van der Waals surface area contributed by atoms with Crippen molar-refractivity contribution in [3.63, 3.8) is 0 Å². The standard InChI is InChI=1S/C14H14F5N3O3S/c1-2-14(7-20-8-14)11(13(24)22-25)21-12(23)9-3-5-10(6-4-9)26(15,16,17,18)19/h1,3-6,11,20,25H,7-8H2,(H,21,23)(H,22,24). The van der Waals surface area contributed by atoms with Crippen LogP contribution in [-0.2, 0) is 4.79 Å². The van der Waals surface area contributed by atoms with Crippen molar-refractivity contribution in [2.24, 2.45) is 5.41 Å². The highest BCUT2D eigenvalue weighted by molar-refractivity contribution is 8.45. The fourth-order valence-corrected chi connectivity index (χ4v) is 3.03. The first kappa shape index (κ1) is 20.0. The third-order valence-electron chi connectivity index (χ3n) is 3.93. The van der Waals surface area contributed by atoms with E-state index < -0.39 is 44.0 Å². The Balaban J connectivity index is 2.26. The number of carbonyl (C=O) groups is 2. The highest BCUT2D eigenvalue weighted by Crippen LogP contribution is 3.02. The van der Waals surface area contributed by atoms with Gasteiger partial charge in [-0.2, -0.15) is 0 Å². The summed E-state index contributed by atoms with van der Waals surface area (Å²) in [6.07, 6.45) is 5.37. The Morgan fingerprint density at radius 1 is 1.19 bits per heavy atom. The van der Waals surface area contributed by atoms with Gasteiger partial charge in [0.1, 0.15) is 10.9 Å². The van der Waals surface area contributed by atoms with E-state index in [0.29, 0.717) is 12.1 Å². The molecule has 1 saturated heterocycles. The molecule has 0 bridgehead atoms. The predicted molar refractivity (Wildman–Crippen MR) is 83.2 cm³/mol. The fourth-order valence-electron chi connectivity index (χ4n) is 2.38. The molecule has 12 heteroatoms. The average Bonchev–Trinajstić information content (AvgIpc) is 2.50. The van der Waals surface area contributed by atoms with E-state index in [4.69, 9.17) is 11.6 Å². The first-order valence-corrected chi connectivity index (χ1v) is 8.95. The van der Waals surface area contributed by atoms with Crippen LogP contribution in [0.1, 0.15) is 10.4 Å². The van der Waals surface area contributed by atoms with Crippen LogP contribution in [0.5, 0.6) is 0 Å². The highest BCUT2D eigenvalue weighted by Gasteiger charge is 2.65. The number of hydrogen-bond donors (Lipinski definition) is 4. The molecule has 1 aromatic rings. The number of hydrogen-bond acceptors (Lipinski definition) is 4. The van der Waals surface area contributed by atoms with Crippen LogP contribution in [0.25, 0.3) is 0 Å². The molecular weight excluding hydrogens is 385 g/mol. The van der Waals surface area contributed by atoms with Crippen LogP contribution in [-0.4, -0.2) is 36.2 Å². The van der Waals surface area contributed by atoms with Gasteiger partial charge in [-0.15, -0.1) is 6.42 Å². The van der Waals surface area contributed by atoms with Crippen LogP contribution in [0.4, 0.5) is 19.4 Å². The number of halogens is 5. The van der Waals surface area contributed by atoms with Gasteiger partial charge in [0, 0.05) is 18.7 Å². The van der Waals surface area contributed by atoms with Gasteiger partial charge >= 0.3 is 10.2 Å². The first-order chi connectivity index (χ1) is 11.7. The van der Waals surface area contributed by atoms with E-state index in [1.165, 1.54) is 5.48 Å². The van der Waals surface area contributed by atoms with Crippen molar-refractivity contribution < 1.29 is 34.2 Å². The zero-order valence-electron chi connectivity index (χ0n) is 12.9. The van der Waals surface area contributed by atoms with Gasteiger partial charge in [0.25, 0.3) is 11.8 Å². The van der Waals surface area contributed by atoms with Crippen molar-refractivity contribution in [1.82, 2.24) is 16.1 Å². The number of terminal acetylenes is 1. The number of amides is 2. The molecule has 0 spiro atoms. The molecule has 0 aliphatic carbocycles. The lowest BCUT2D eigenvalue weighted by molar-refractivity contribution is -0.134. The zero-order chi connectivity index (χ0) is 19.9. The summed E-state index contributed by atoms with van der Waals surface area (Å²) < 4.78 is 63.4. The van der Waals surface area contributed by atoms with Crippen LogP contribution in [0, 0.1) is 17.8 Å². The second-order valence-electron chi connectivity index (χ2n) is 5.78. The molecule has 1 heterocycles. The molecule has 0 radical (unpaired) electrons. The number of nitrogens with one attached hydrogen (secondary N) is 3. The SMILES string of the molecule is C#CC1(C(NC(=O)c2ccc(S(F)(F)(F)(F)F)cc2)C(=O)NO)CNC1. The van der Waals surface area contributed by atoms with Crippen molar-refractivity contribution in [3.05, 3.63) is 29.8 Å². The van der Waals surface area contributed by atoms with Gasteiger partial charge in [-0.25, -0.2) is 5.48 Å². The van der Waals surface area contributed by atoms with Gasteiger partial charge in [0.15, 0.2) is 0 Å². The summed E-state index contributed by atoms with van der Waals surface area (Å²) in [5.74, 6) is 0.288. The highest BCUT2D eigenvalue weighted by atomic mass is 32.5. The summed E-state index contributed by atoms with van der Waals surface area (Å²) in [5.41, 5.74) is -0.195. The minimum absolute atomic E-state index is 0.0828. The number of hydroxylamine groups is 1. The van der Waals surface area contributed by atoms with E-state index >= 15 is 0 Å². The lowest BCUT2D eigenvalue weighted by Gasteiger charge is -2.43. The smallest absolute Gasteiger partial charge is 0.310 e. The molecule has 2 rings (SSSR count). The Morgan fingerprint density at radius 3 is 2.08 bits per heavy atom. The minimum Gasteiger partial charge on any atom is -0.339 e. The third kappa shape index (κ3) is 3.90. The molecule has 1 aliphatic heterocycles. The molecule has 26 heavy (non-hydrogen) atoms. The Bertz CT molecular complexity index is 785. The molecule has 1 fully saturated rings. The van der Waals surface area contributed by atoms with Crippen molar-refractivity contribution in [2.75, 3.05) is 13.1 Å². The van der Waals surface area contributed by atoms with E-state index in [2.05, 4.69) is 16.6 Å². The summed E-state index contributed by atoms with van der Waals surface area (Å²) >= 11 is 0. The van der Waals surface area contributed by atoms with Gasteiger partial charge in [0.05, 0.1) is 5.41 Å². The summed E-state index contributed by atoms with van der Waals surface area (Å²) in [7, 11) is -9.85. The molecule has 1 unspecified atom stereocenters. The van der Waals surface area contributed by atoms with Crippen LogP contribution in [0.3, 0.4) is 0 Å². The Labute approximate surface area is 144 Å². The molecule has 0 aromatic heterocycles. The van der Waals surface area contributed by atoms with Crippen LogP contribution in [0.2, 0.25) is 0 Å². The fraction of sp³-hybridized carbons (Fsp3) is 0.286. The lowest BCUT2D eigenvalue weighted by atomic mass is 9.75. The third-order valence-corrected chi connectivity index (χ3v) is 5.09. The number of benzene rings is 1. The second kappa shape index (κ2) is 5.57. The number of carbonyl (C=O) groups excluding carboxylic acids is 2. The van der Waals surface area contributed by atoms with Crippen LogP contribution >= 0.6 is 10.2 Å². The van der Waals surface area contributed by atoms with E-state index in [9.17, 15) is 29.0 Å². The van der Waals surface area contributed by atoms with Crippen LogP contribution < -0.4 is 16.1 Å².